The van der Waals surface area contributed by atoms with E-state index in [2.05, 4.69) is 16.1 Å². The van der Waals surface area contributed by atoms with Gasteiger partial charge in [0.25, 0.3) is 0 Å². The summed E-state index contributed by atoms with van der Waals surface area (Å²) in [7, 11) is 2.00. The Hall–Kier alpha value is -1.05. The van der Waals surface area contributed by atoms with Gasteiger partial charge in [0.15, 0.2) is 0 Å². The molecule has 17 heavy (non-hydrogen) atoms. The number of hydrogen-bond donors (Lipinski definition) is 2. The van der Waals surface area contributed by atoms with Gasteiger partial charge in [0.05, 0.1) is 12.6 Å². The molecule has 0 aromatic rings. The molecular formula is C13H23N3O. The van der Waals surface area contributed by atoms with Crippen molar-refractivity contribution >= 4 is 5.91 Å². The molecular weight excluding hydrogens is 214 g/mol. The largest absolute Gasteiger partial charge is 0.344 e. The second kappa shape index (κ2) is 6.63. The number of nitrogens with zero attached hydrogens (tertiary/aromatic N) is 1. The van der Waals surface area contributed by atoms with Crippen molar-refractivity contribution in [3.8, 4) is 12.3 Å². The highest BCUT2D eigenvalue weighted by molar-refractivity contribution is 5.81. The molecule has 1 saturated carbocycles. The first-order chi connectivity index (χ1) is 8.06. The number of nitrogens with one attached hydrogen (secondary N) is 1. The minimum Gasteiger partial charge on any atom is -0.344 e. The van der Waals surface area contributed by atoms with E-state index in [1.54, 1.807) is 0 Å². The SMILES string of the molecule is C#CCNC(=O)C(C)N(C)C1CCC(N)CC1. The molecule has 1 unspecified atom stereocenters. The third-order valence-corrected chi connectivity index (χ3v) is 3.67. The molecule has 0 aromatic carbocycles. The molecule has 1 fully saturated rings. The Kier molecular flexibility index (Phi) is 5.46. The Balaban J connectivity index is 2.43. The van der Waals surface area contributed by atoms with Crippen molar-refractivity contribution in [2.75, 3.05) is 13.6 Å². The standard InChI is InChI=1S/C13H23N3O/c1-4-9-15-13(17)10(2)16(3)12-7-5-11(14)6-8-12/h1,10-12H,5-9,14H2,2-3H3,(H,15,17). The summed E-state index contributed by atoms with van der Waals surface area (Å²) in [6, 6.07) is 0.661. The van der Waals surface area contributed by atoms with Crippen LogP contribution in [-0.2, 0) is 4.79 Å². The molecule has 0 saturated heterocycles. The van der Waals surface area contributed by atoms with Crippen LogP contribution in [0.25, 0.3) is 0 Å². The first kappa shape index (κ1) is 14.0. The van der Waals surface area contributed by atoms with Crippen molar-refractivity contribution in [3.05, 3.63) is 0 Å². The van der Waals surface area contributed by atoms with Crippen LogP contribution in [0.4, 0.5) is 0 Å². The molecule has 0 aliphatic heterocycles. The predicted molar refractivity (Wildman–Crippen MR) is 69.3 cm³/mol. The summed E-state index contributed by atoms with van der Waals surface area (Å²) in [6.45, 7) is 2.22. The lowest BCUT2D eigenvalue weighted by molar-refractivity contribution is -0.126. The Morgan fingerprint density at radius 2 is 2.12 bits per heavy atom. The Morgan fingerprint density at radius 3 is 2.65 bits per heavy atom. The van der Waals surface area contributed by atoms with E-state index >= 15 is 0 Å². The average molecular weight is 237 g/mol. The summed E-state index contributed by atoms with van der Waals surface area (Å²) in [5.74, 6) is 2.41. The minimum absolute atomic E-state index is 0.000298. The van der Waals surface area contributed by atoms with Crippen LogP contribution in [0.5, 0.6) is 0 Å². The second-order valence-corrected chi connectivity index (χ2v) is 4.83. The number of hydrogen-bond acceptors (Lipinski definition) is 3. The van der Waals surface area contributed by atoms with Gasteiger partial charge < -0.3 is 11.1 Å². The number of carbonyl (C=O) groups is 1. The van der Waals surface area contributed by atoms with Crippen molar-refractivity contribution in [1.29, 1.82) is 0 Å². The van der Waals surface area contributed by atoms with E-state index < -0.39 is 0 Å². The molecule has 1 aliphatic carbocycles. The number of likely N-dealkylation sites (N-methyl/N-ethyl adjacent to an activating group) is 1. The zero-order chi connectivity index (χ0) is 12.8. The highest BCUT2D eigenvalue weighted by Crippen LogP contribution is 2.22. The first-order valence-electron chi connectivity index (χ1n) is 6.25. The smallest absolute Gasteiger partial charge is 0.237 e. The first-order valence-corrected chi connectivity index (χ1v) is 6.25. The Bertz CT molecular complexity index is 290. The van der Waals surface area contributed by atoms with Gasteiger partial charge in [-0.1, -0.05) is 5.92 Å². The zero-order valence-electron chi connectivity index (χ0n) is 10.8. The maximum absolute atomic E-state index is 11.8. The van der Waals surface area contributed by atoms with E-state index in [9.17, 15) is 4.79 Å². The summed E-state index contributed by atoms with van der Waals surface area (Å²) in [4.78, 5) is 13.9. The van der Waals surface area contributed by atoms with Crippen LogP contribution in [0, 0.1) is 12.3 Å². The third kappa shape index (κ3) is 4.03. The molecule has 4 heteroatoms. The molecule has 1 aliphatic rings. The van der Waals surface area contributed by atoms with Crippen LogP contribution in [0.2, 0.25) is 0 Å². The lowest BCUT2D eigenvalue weighted by Gasteiger charge is -2.36. The average Bonchev–Trinajstić information content (AvgIpc) is 2.35. The van der Waals surface area contributed by atoms with Crippen LogP contribution in [0.1, 0.15) is 32.6 Å². The van der Waals surface area contributed by atoms with Crippen molar-refractivity contribution in [3.63, 3.8) is 0 Å². The Morgan fingerprint density at radius 1 is 1.53 bits per heavy atom. The highest BCUT2D eigenvalue weighted by atomic mass is 16.2. The van der Waals surface area contributed by atoms with E-state index in [1.165, 1.54) is 0 Å². The van der Waals surface area contributed by atoms with Crippen LogP contribution >= 0.6 is 0 Å². The van der Waals surface area contributed by atoms with Crippen molar-refractivity contribution < 1.29 is 4.79 Å². The quantitative estimate of drug-likeness (QED) is 0.693. The normalized spacial score (nSPS) is 26.3. The summed E-state index contributed by atoms with van der Waals surface area (Å²) in [6.07, 6.45) is 9.37. The topological polar surface area (TPSA) is 58.4 Å². The van der Waals surface area contributed by atoms with Gasteiger partial charge in [0.1, 0.15) is 0 Å². The van der Waals surface area contributed by atoms with E-state index in [0.717, 1.165) is 25.7 Å². The number of rotatable bonds is 4. The molecule has 1 atom stereocenters. The van der Waals surface area contributed by atoms with Gasteiger partial charge in [-0.05, 0) is 39.7 Å². The monoisotopic (exact) mass is 237 g/mol. The number of carbonyl (C=O) groups excluding carboxylic acids is 1. The molecule has 1 amide bonds. The van der Waals surface area contributed by atoms with Crippen LogP contribution in [-0.4, -0.2) is 42.5 Å². The lowest BCUT2D eigenvalue weighted by atomic mass is 9.90. The van der Waals surface area contributed by atoms with E-state index in [0.29, 0.717) is 18.6 Å². The molecule has 4 nitrogen and oxygen atoms in total. The number of terminal acetylenes is 1. The fraction of sp³-hybridized carbons (Fsp3) is 0.769. The zero-order valence-corrected chi connectivity index (χ0v) is 10.8. The summed E-state index contributed by atoms with van der Waals surface area (Å²) in [5, 5.41) is 2.72. The van der Waals surface area contributed by atoms with Gasteiger partial charge in [-0.25, -0.2) is 0 Å². The molecule has 0 radical (unpaired) electrons. The van der Waals surface area contributed by atoms with Gasteiger partial charge in [-0.15, -0.1) is 6.42 Å². The van der Waals surface area contributed by atoms with E-state index in [1.807, 2.05) is 14.0 Å². The van der Waals surface area contributed by atoms with Gasteiger partial charge in [0, 0.05) is 12.1 Å². The van der Waals surface area contributed by atoms with Gasteiger partial charge in [0.2, 0.25) is 5.91 Å². The second-order valence-electron chi connectivity index (χ2n) is 4.83. The molecule has 96 valence electrons. The maximum Gasteiger partial charge on any atom is 0.237 e. The van der Waals surface area contributed by atoms with Gasteiger partial charge in [-0.2, -0.15) is 0 Å². The highest BCUT2D eigenvalue weighted by Gasteiger charge is 2.27. The molecule has 3 N–H and O–H groups in total. The van der Waals surface area contributed by atoms with Gasteiger partial charge in [-0.3, -0.25) is 9.69 Å². The summed E-state index contributed by atoms with van der Waals surface area (Å²) in [5.41, 5.74) is 5.88. The fourth-order valence-corrected chi connectivity index (χ4v) is 2.30. The van der Waals surface area contributed by atoms with Crippen molar-refractivity contribution in [1.82, 2.24) is 10.2 Å². The molecule has 0 aromatic heterocycles. The van der Waals surface area contributed by atoms with Crippen LogP contribution in [0.15, 0.2) is 0 Å². The third-order valence-electron chi connectivity index (χ3n) is 3.67. The number of nitrogens with two attached hydrogens (primary N) is 1. The molecule has 0 heterocycles. The fourth-order valence-electron chi connectivity index (χ4n) is 2.30. The van der Waals surface area contributed by atoms with Crippen LogP contribution in [0.3, 0.4) is 0 Å². The molecule has 1 rings (SSSR count). The minimum atomic E-state index is -0.136. The predicted octanol–water partition coefficient (Wildman–Crippen LogP) is 0.326. The van der Waals surface area contributed by atoms with E-state index in [4.69, 9.17) is 12.2 Å². The lowest BCUT2D eigenvalue weighted by Crippen LogP contribution is -2.49. The molecule has 0 spiro atoms. The van der Waals surface area contributed by atoms with E-state index in [-0.39, 0.29) is 11.9 Å². The maximum atomic E-state index is 11.8. The molecule has 0 bridgehead atoms. The van der Waals surface area contributed by atoms with Crippen molar-refractivity contribution in [2.24, 2.45) is 5.73 Å². The van der Waals surface area contributed by atoms with Gasteiger partial charge >= 0.3 is 0 Å². The Labute approximate surface area is 104 Å². The van der Waals surface area contributed by atoms with Crippen molar-refractivity contribution in [2.45, 2.75) is 50.7 Å². The summed E-state index contributed by atoms with van der Waals surface area (Å²) >= 11 is 0. The number of amides is 1. The summed E-state index contributed by atoms with van der Waals surface area (Å²) < 4.78 is 0. The van der Waals surface area contributed by atoms with Crippen LogP contribution < -0.4 is 11.1 Å².